The summed E-state index contributed by atoms with van der Waals surface area (Å²) in [6.07, 6.45) is 0.420. The van der Waals surface area contributed by atoms with Crippen LogP contribution in [0, 0.1) is 12.8 Å². The first-order chi connectivity index (χ1) is 8.88. The van der Waals surface area contributed by atoms with Crippen LogP contribution in [0.3, 0.4) is 0 Å². The summed E-state index contributed by atoms with van der Waals surface area (Å²) in [5, 5.41) is 5.87. The van der Waals surface area contributed by atoms with E-state index in [9.17, 15) is 9.59 Å². The van der Waals surface area contributed by atoms with Crippen LogP contribution < -0.4 is 10.6 Å². The Morgan fingerprint density at radius 1 is 1.26 bits per heavy atom. The molecule has 0 bridgehead atoms. The summed E-state index contributed by atoms with van der Waals surface area (Å²) in [4.78, 5) is 23.1. The minimum Gasteiger partial charge on any atom is -0.347 e. The van der Waals surface area contributed by atoms with Crippen LogP contribution in [0.15, 0.2) is 18.2 Å². The van der Waals surface area contributed by atoms with E-state index in [1.165, 1.54) is 0 Å². The van der Waals surface area contributed by atoms with Crippen LogP contribution in [-0.4, -0.2) is 18.4 Å². The summed E-state index contributed by atoms with van der Waals surface area (Å²) in [6, 6.07) is 5.27. The van der Waals surface area contributed by atoms with Gasteiger partial charge >= 0.3 is 0 Å². The van der Waals surface area contributed by atoms with Gasteiger partial charge in [-0.05, 0) is 30.5 Å². The molecule has 5 heteroatoms. The predicted molar refractivity (Wildman–Crippen MR) is 77.3 cm³/mol. The van der Waals surface area contributed by atoms with Gasteiger partial charge in [-0.25, -0.2) is 0 Å². The fourth-order valence-corrected chi connectivity index (χ4v) is 1.72. The molecular weight excluding hydrogens is 264 g/mol. The molecule has 2 N–H and O–H groups in total. The molecule has 0 radical (unpaired) electrons. The van der Waals surface area contributed by atoms with E-state index in [2.05, 4.69) is 10.6 Å². The van der Waals surface area contributed by atoms with Gasteiger partial charge in [-0.3, -0.25) is 9.59 Å². The van der Waals surface area contributed by atoms with Crippen molar-refractivity contribution in [2.75, 3.05) is 11.9 Å². The molecule has 4 nitrogen and oxygen atoms in total. The zero-order chi connectivity index (χ0) is 14.4. The Bertz CT molecular complexity index is 473. The lowest BCUT2D eigenvalue weighted by atomic mass is 10.1. The monoisotopic (exact) mass is 282 g/mol. The smallest absolute Gasteiger partial charge is 0.243 e. The van der Waals surface area contributed by atoms with Gasteiger partial charge in [0.1, 0.15) is 0 Å². The molecule has 19 heavy (non-hydrogen) atoms. The number of rotatable bonds is 5. The third kappa shape index (κ3) is 5.75. The highest BCUT2D eigenvalue weighted by Gasteiger charge is 2.08. The summed E-state index contributed by atoms with van der Waals surface area (Å²) < 4.78 is 0. The molecule has 104 valence electrons. The van der Waals surface area contributed by atoms with Gasteiger partial charge in [0.05, 0.1) is 6.54 Å². The summed E-state index contributed by atoms with van der Waals surface area (Å²) in [6.45, 7) is 5.75. The normalized spacial score (nSPS) is 10.4. The van der Waals surface area contributed by atoms with Crippen molar-refractivity contribution in [1.29, 1.82) is 0 Å². The predicted octanol–water partition coefficient (Wildman–Crippen LogP) is 2.75. The second-order valence-electron chi connectivity index (χ2n) is 4.88. The van der Waals surface area contributed by atoms with Crippen LogP contribution in [0.5, 0.6) is 0 Å². The van der Waals surface area contributed by atoms with E-state index >= 15 is 0 Å². The lowest BCUT2D eigenvalue weighted by Gasteiger charge is -2.10. The molecule has 0 aromatic heterocycles. The molecule has 0 aliphatic carbocycles. The zero-order valence-corrected chi connectivity index (χ0v) is 12.2. The second-order valence-corrected chi connectivity index (χ2v) is 5.32. The Morgan fingerprint density at radius 3 is 2.58 bits per heavy atom. The minimum atomic E-state index is -0.262. The third-order valence-corrected chi connectivity index (χ3v) is 2.75. The van der Waals surface area contributed by atoms with Crippen molar-refractivity contribution < 1.29 is 9.59 Å². The number of carbonyl (C=O) groups excluding carboxylic acids is 2. The lowest BCUT2D eigenvalue weighted by Crippen LogP contribution is -2.33. The van der Waals surface area contributed by atoms with Crippen molar-refractivity contribution in [3.05, 3.63) is 28.8 Å². The van der Waals surface area contributed by atoms with Gasteiger partial charge in [-0.15, -0.1) is 0 Å². The number of amides is 2. The van der Waals surface area contributed by atoms with E-state index in [0.29, 0.717) is 17.1 Å². The quantitative estimate of drug-likeness (QED) is 0.872. The molecule has 2 amide bonds. The first kappa shape index (κ1) is 15.5. The fraction of sp³-hybridized carbons (Fsp3) is 0.429. The molecule has 1 aromatic rings. The Morgan fingerprint density at radius 2 is 1.95 bits per heavy atom. The van der Waals surface area contributed by atoms with Gasteiger partial charge in [0, 0.05) is 17.1 Å². The maximum Gasteiger partial charge on any atom is 0.243 e. The SMILES string of the molecule is Cc1ccc(Cl)cc1NC(=O)CNC(=O)CC(C)C. The number of halogens is 1. The van der Waals surface area contributed by atoms with Crippen LogP contribution in [0.25, 0.3) is 0 Å². The molecular formula is C14H19ClN2O2. The van der Waals surface area contributed by atoms with E-state index in [-0.39, 0.29) is 24.3 Å². The molecule has 0 saturated carbocycles. The Kier molecular flexibility index (Phi) is 5.83. The molecule has 0 unspecified atom stereocenters. The van der Waals surface area contributed by atoms with Crippen LogP contribution >= 0.6 is 11.6 Å². The highest BCUT2D eigenvalue weighted by molar-refractivity contribution is 6.31. The van der Waals surface area contributed by atoms with Crippen molar-refractivity contribution >= 4 is 29.1 Å². The van der Waals surface area contributed by atoms with Crippen molar-refractivity contribution in [2.45, 2.75) is 27.2 Å². The van der Waals surface area contributed by atoms with Gasteiger partial charge in [-0.2, -0.15) is 0 Å². The van der Waals surface area contributed by atoms with Crippen LogP contribution in [0.4, 0.5) is 5.69 Å². The summed E-state index contributed by atoms with van der Waals surface area (Å²) in [5.41, 5.74) is 1.59. The molecule has 0 atom stereocenters. The average Bonchev–Trinajstić information content (AvgIpc) is 2.30. The fourth-order valence-electron chi connectivity index (χ4n) is 1.55. The van der Waals surface area contributed by atoms with Crippen molar-refractivity contribution in [2.24, 2.45) is 5.92 Å². The number of carbonyl (C=O) groups is 2. The van der Waals surface area contributed by atoms with Crippen LogP contribution in [0.1, 0.15) is 25.8 Å². The van der Waals surface area contributed by atoms with Gasteiger partial charge in [0.15, 0.2) is 0 Å². The van der Waals surface area contributed by atoms with Gasteiger partial charge in [0.2, 0.25) is 11.8 Å². The molecule has 1 aromatic carbocycles. The van der Waals surface area contributed by atoms with Gasteiger partial charge < -0.3 is 10.6 Å². The molecule has 0 saturated heterocycles. The van der Waals surface area contributed by atoms with E-state index < -0.39 is 0 Å². The van der Waals surface area contributed by atoms with Crippen molar-refractivity contribution in [1.82, 2.24) is 5.32 Å². The maximum atomic E-state index is 11.7. The van der Waals surface area contributed by atoms with Crippen molar-refractivity contribution in [3.63, 3.8) is 0 Å². The zero-order valence-electron chi connectivity index (χ0n) is 11.4. The van der Waals surface area contributed by atoms with Gasteiger partial charge in [-0.1, -0.05) is 31.5 Å². The van der Waals surface area contributed by atoms with Crippen molar-refractivity contribution in [3.8, 4) is 0 Å². The molecule has 0 aliphatic rings. The number of benzene rings is 1. The molecule has 1 rings (SSSR count). The molecule has 0 fully saturated rings. The molecule has 0 heterocycles. The minimum absolute atomic E-state index is 0.0303. The van der Waals surface area contributed by atoms with Crippen LogP contribution in [0.2, 0.25) is 5.02 Å². The van der Waals surface area contributed by atoms with Crippen LogP contribution in [-0.2, 0) is 9.59 Å². The van der Waals surface area contributed by atoms with E-state index in [1.807, 2.05) is 26.8 Å². The second kappa shape index (κ2) is 7.14. The lowest BCUT2D eigenvalue weighted by molar-refractivity contribution is -0.124. The number of anilines is 1. The number of nitrogens with one attached hydrogen (secondary N) is 2. The summed E-state index contributed by atoms with van der Waals surface area (Å²) in [5.74, 6) is -0.103. The number of aryl methyl sites for hydroxylation is 1. The highest BCUT2D eigenvalue weighted by Crippen LogP contribution is 2.19. The topological polar surface area (TPSA) is 58.2 Å². The largest absolute Gasteiger partial charge is 0.347 e. The van der Waals surface area contributed by atoms with Gasteiger partial charge in [0.25, 0.3) is 0 Å². The molecule has 0 aliphatic heterocycles. The Hall–Kier alpha value is -1.55. The Labute approximate surface area is 118 Å². The summed E-state index contributed by atoms with van der Waals surface area (Å²) >= 11 is 5.86. The third-order valence-electron chi connectivity index (χ3n) is 2.51. The van der Waals surface area contributed by atoms with E-state index in [1.54, 1.807) is 12.1 Å². The maximum absolute atomic E-state index is 11.7. The first-order valence-corrected chi connectivity index (χ1v) is 6.59. The summed E-state index contributed by atoms with van der Waals surface area (Å²) in [7, 11) is 0. The van der Waals surface area contributed by atoms with E-state index in [4.69, 9.17) is 11.6 Å². The average molecular weight is 283 g/mol. The van der Waals surface area contributed by atoms with E-state index in [0.717, 1.165) is 5.56 Å². The molecule has 0 spiro atoms. The standard InChI is InChI=1S/C14H19ClN2O2/c1-9(2)6-13(18)16-8-14(19)17-12-7-11(15)5-4-10(12)3/h4-5,7,9H,6,8H2,1-3H3,(H,16,18)(H,17,19). The highest BCUT2D eigenvalue weighted by atomic mass is 35.5. The Balaban J connectivity index is 2.47. The first-order valence-electron chi connectivity index (χ1n) is 6.21. The number of hydrogen-bond acceptors (Lipinski definition) is 2. The number of hydrogen-bond donors (Lipinski definition) is 2.